The molecule has 1 fully saturated rings. The van der Waals surface area contributed by atoms with E-state index in [1.165, 1.54) is 12.5 Å². The van der Waals surface area contributed by atoms with Crippen LogP contribution in [0.1, 0.15) is 29.2 Å². The fourth-order valence-corrected chi connectivity index (χ4v) is 1.86. The number of hydrogen-bond acceptors (Lipinski definition) is 4. The van der Waals surface area contributed by atoms with Crippen LogP contribution in [0, 0.1) is 0 Å². The van der Waals surface area contributed by atoms with Crippen molar-refractivity contribution in [1.29, 1.82) is 0 Å². The Morgan fingerprint density at radius 3 is 3.06 bits per heavy atom. The van der Waals surface area contributed by atoms with Crippen molar-refractivity contribution >= 4 is 5.97 Å². The Labute approximate surface area is 91.9 Å². The summed E-state index contributed by atoms with van der Waals surface area (Å²) in [6.07, 6.45) is 4.79. The van der Waals surface area contributed by atoms with Gasteiger partial charge in [0.1, 0.15) is 5.56 Å². The van der Waals surface area contributed by atoms with Gasteiger partial charge in [0, 0.05) is 18.8 Å². The molecule has 0 amide bonds. The Morgan fingerprint density at radius 2 is 2.44 bits per heavy atom. The van der Waals surface area contributed by atoms with Gasteiger partial charge < -0.3 is 15.0 Å². The van der Waals surface area contributed by atoms with Crippen LogP contribution >= 0.6 is 0 Å². The third kappa shape index (κ3) is 2.11. The normalized spacial score (nSPS) is 20.6. The molecular weight excluding hydrogens is 210 g/mol. The van der Waals surface area contributed by atoms with Crippen LogP contribution in [0.3, 0.4) is 0 Å². The molecule has 86 valence electrons. The molecule has 0 aliphatic carbocycles. The summed E-state index contributed by atoms with van der Waals surface area (Å²) in [6, 6.07) is 0.181. The number of hydrogen-bond donors (Lipinski definition) is 2. The van der Waals surface area contributed by atoms with Gasteiger partial charge in [-0.2, -0.15) is 4.98 Å². The number of carboxylic acids is 1. The van der Waals surface area contributed by atoms with Gasteiger partial charge in [-0.3, -0.25) is 4.79 Å². The van der Waals surface area contributed by atoms with Crippen LogP contribution in [-0.2, 0) is 0 Å². The molecule has 0 bridgehead atoms. The number of carboxylic acid groups (broad SMARTS) is 1. The fraction of sp³-hybridized carbons (Fsp3) is 0.500. The summed E-state index contributed by atoms with van der Waals surface area (Å²) in [4.78, 5) is 25.5. The number of nitrogens with one attached hydrogen (secondary N) is 1. The molecule has 1 aliphatic heterocycles. The van der Waals surface area contributed by atoms with Crippen LogP contribution in [0.15, 0.2) is 17.3 Å². The van der Waals surface area contributed by atoms with Crippen LogP contribution < -0.4 is 10.9 Å². The van der Waals surface area contributed by atoms with Crippen molar-refractivity contribution in [3.63, 3.8) is 0 Å². The standard InChI is InChI=1S/C10H13N3O3/c14-9-8(10(15)16)5-13(6-12-9)7-2-1-3-11-4-7/h5-7,11H,1-4H2,(H,15,16). The highest BCUT2D eigenvalue weighted by atomic mass is 16.4. The quantitative estimate of drug-likeness (QED) is 0.729. The van der Waals surface area contributed by atoms with E-state index >= 15 is 0 Å². The molecular formula is C10H13N3O3. The number of piperidine rings is 1. The zero-order chi connectivity index (χ0) is 11.5. The minimum Gasteiger partial charge on any atom is -0.477 e. The summed E-state index contributed by atoms with van der Waals surface area (Å²) in [5.74, 6) is -1.23. The maximum atomic E-state index is 11.2. The van der Waals surface area contributed by atoms with E-state index in [2.05, 4.69) is 10.3 Å². The Hall–Kier alpha value is -1.69. The predicted molar refractivity (Wildman–Crippen MR) is 56.6 cm³/mol. The first-order valence-corrected chi connectivity index (χ1v) is 5.20. The number of carbonyl (C=O) groups is 1. The van der Waals surface area contributed by atoms with Crippen molar-refractivity contribution in [2.75, 3.05) is 13.1 Å². The van der Waals surface area contributed by atoms with Gasteiger partial charge in [-0.05, 0) is 19.4 Å². The molecule has 0 aromatic carbocycles. The molecule has 1 saturated heterocycles. The van der Waals surface area contributed by atoms with E-state index in [0.29, 0.717) is 0 Å². The third-order valence-corrected chi connectivity index (χ3v) is 2.74. The first-order valence-electron chi connectivity index (χ1n) is 5.20. The fourth-order valence-electron chi connectivity index (χ4n) is 1.86. The van der Waals surface area contributed by atoms with Gasteiger partial charge in [0.15, 0.2) is 0 Å². The van der Waals surface area contributed by atoms with E-state index in [1.54, 1.807) is 4.57 Å². The van der Waals surface area contributed by atoms with Gasteiger partial charge in [0.2, 0.25) is 0 Å². The minimum absolute atomic E-state index is 0.181. The van der Waals surface area contributed by atoms with Crippen LogP contribution in [0.4, 0.5) is 0 Å². The van der Waals surface area contributed by atoms with E-state index in [0.717, 1.165) is 25.9 Å². The van der Waals surface area contributed by atoms with Crippen LogP contribution in [0.25, 0.3) is 0 Å². The van der Waals surface area contributed by atoms with Crippen molar-refractivity contribution in [2.24, 2.45) is 0 Å². The summed E-state index contributed by atoms with van der Waals surface area (Å²) in [5, 5.41) is 12.0. The van der Waals surface area contributed by atoms with Gasteiger partial charge >= 0.3 is 5.97 Å². The van der Waals surface area contributed by atoms with Crippen molar-refractivity contribution in [3.8, 4) is 0 Å². The van der Waals surface area contributed by atoms with Crippen molar-refractivity contribution < 1.29 is 9.90 Å². The van der Waals surface area contributed by atoms with E-state index in [-0.39, 0.29) is 11.6 Å². The summed E-state index contributed by atoms with van der Waals surface area (Å²) in [7, 11) is 0. The smallest absolute Gasteiger partial charge is 0.342 e. The third-order valence-electron chi connectivity index (χ3n) is 2.74. The average Bonchev–Trinajstić information content (AvgIpc) is 2.30. The lowest BCUT2D eigenvalue weighted by Gasteiger charge is -2.25. The molecule has 2 heterocycles. The van der Waals surface area contributed by atoms with Crippen molar-refractivity contribution in [2.45, 2.75) is 18.9 Å². The maximum absolute atomic E-state index is 11.2. The SMILES string of the molecule is O=C(O)c1cn(C2CCCNC2)cnc1=O. The second kappa shape index (κ2) is 4.44. The molecule has 1 aromatic rings. The molecule has 6 nitrogen and oxygen atoms in total. The Bertz CT molecular complexity index is 449. The lowest BCUT2D eigenvalue weighted by molar-refractivity contribution is 0.0693. The number of nitrogens with zero attached hydrogens (tertiary/aromatic N) is 2. The zero-order valence-electron chi connectivity index (χ0n) is 8.72. The molecule has 0 spiro atoms. The van der Waals surface area contributed by atoms with E-state index in [9.17, 15) is 9.59 Å². The van der Waals surface area contributed by atoms with E-state index < -0.39 is 11.5 Å². The number of aromatic nitrogens is 2. The highest BCUT2D eigenvalue weighted by Crippen LogP contribution is 2.15. The average molecular weight is 223 g/mol. The highest BCUT2D eigenvalue weighted by Gasteiger charge is 2.16. The second-order valence-electron chi connectivity index (χ2n) is 3.85. The molecule has 0 radical (unpaired) electrons. The Morgan fingerprint density at radius 1 is 1.62 bits per heavy atom. The minimum atomic E-state index is -1.23. The van der Waals surface area contributed by atoms with Crippen molar-refractivity contribution in [3.05, 3.63) is 28.4 Å². The van der Waals surface area contributed by atoms with E-state index in [1.807, 2.05) is 0 Å². The molecule has 16 heavy (non-hydrogen) atoms. The summed E-state index contributed by atoms with van der Waals surface area (Å²) in [6.45, 7) is 1.76. The van der Waals surface area contributed by atoms with Gasteiger partial charge in [-0.15, -0.1) is 0 Å². The first kappa shape index (κ1) is 10.8. The number of aromatic carboxylic acids is 1. The molecule has 6 heteroatoms. The lowest BCUT2D eigenvalue weighted by atomic mass is 10.1. The number of rotatable bonds is 2. The lowest BCUT2D eigenvalue weighted by Crippen LogP contribution is -2.33. The molecule has 0 saturated carbocycles. The topological polar surface area (TPSA) is 84.2 Å². The van der Waals surface area contributed by atoms with Gasteiger partial charge in [0.25, 0.3) is 5.56 Å². The summed E-state index contributed by atoms with van der Waals surface area (Å²) < 4.78 is 1.71. The summed E-state index contributed by atoms with van der Waals surface area (Å²) in [5.41, 5.74) is -0.958. The Balaban J connectivity index is 2.31. The van der Waals surface area contributed by atoms with E-state index in [4.69, 9.17) is 5.11 Å². The maximum Gasteiger partial charge on any atom is 0.342 e. The van der Waals surface area contributed by atoms with Crippen LogP contribution in [0.5, 0.6) is 0 Å². The second-order valence-corrected chi connectivity index (χ2v) is 3.85. The molecule has 1 aliphatic rings. The first-order chi connectivity index (χ1) is 7.68. The largest absolute Gasteiger partial charge is 0.477 e. The van der Waals surface area contributed by atoms with Gasteiger partial charge in [0.05, 0.1) is 6.33 Å². The zero-order valence-corrected chi connectivity index (χ0v) is 8.72. The van der Waals surface area contributed by atoms with Crippen LogP contribution in [0.2, 0.25) is 0 Å². The van der Waals surface area contributed by atoms with Gasteiger partial charge in [-0.25, -0.2) is 4.79 Å². The molecule has 1 atom stereocenters. The molecule has 1 aromatic heterocycles. The van der Waals surface area contributed by atoms with Crippen molar-refractivity contribution in [1.82, 2.24) is 14.9 Å². The highest BCUT2D eigenvalue weighted by molar-refractivity contribution is 5.86. The molecule has 2 rings (SSSR count). The van der Waals surface area contributed by atoms with Crippen LogP contribution in [-0.4, -0.2) is 33.7 Å². The summed E-state index contributed by atoms with van der Waals surface area (Å²) >= 11 is 0. The predicted octanol–water partition coefficient (Wildman–Crippen LogP) is -0.134. The van der Waals surface area contributed by atoms with Gasteiger partial charge in [-0.1, -0.05) is 0 Å². The molecule has 1 unspecified atom stereocenters. The Kier molecular flexibility index (Phi) is 3.00. The monoisotopic (exact) mass is 223 g/mol. The molecule has 2 N–H and O–H groups in total.